The van der Waals surface area contributed by atoms with Gasteiger partial charge in [-0.1, -0.05) is 18.6 Å². The summed E-state index contributed by atoms with van der Waals surface area (Å²) in [6.07, 6.45) is 0.165. The molecular formula is C18H25ClF4N2. The van der Waals surface area contributed by atoms with Crippen molar-refractivity contribution in [2.75, 3.05) is 26.2 Å². The van der Waals surface area contributed by atoms with Gasteiger partial charge in [0.15, 0.2) is 0 Å². The van der Waals surface area contributed by atoms with Crippen LogP contribution < -0.4 is 5.32 Å². The lowest BCUT2D eigenvalue weighted by molar-refractivity contribution is -0.139. The SMILES string of the molecule is C=CCCCC[C@H](c1c(F)cccc1C(F)(F)F)N1CCNCC1.Cl. The number of allylic oxidation sites excluding steroid dienone is 1. The predicted molar refractivity (Wildman–Crippen MR) is 94.5 cm³/mol. The van der Waals surface area contributed by atoms with Gasteiger partial charge in [0.1, 0.15) is 5.82 Å². The van der Waals surface area contributed by atoms with Crippen molar-refractivity contribution >= 4 is 12.4 Å². The number of unbranched alkanes of at least 4 members (excludes halogenated alkanes) is 2. The molecule has 7 heteroatoms. The molecule has 0 bridgehead atoms. The Morgan fingerprint density at radius 3 is 2.48 bits per heavy atom. The van der Waals surface area contributed by atoms with E-state index in [0.717, 1.165) is 37.5 Å². The highest BCUT2D eigenvalue weighted by Crippen LogP contribution is 2.39. The van der Waals surface area contributed by atoms with E-state index in [0.29, 0.717) is 32.6 Å². The summed E-state index contributed by atoms with van der Waals surface area (Å²) in [5, 5.41) is 3.19. The lowest BCUT2D eigenvalue weighted by atomic mass is 9.93. The highest BCUT2D eigenvalue weighted by Gasteiger charge is 2.38. The van der Waals surface area contributed by atoms with Gasteiger partial charge >= 0.3 is 6.18 Å². The molecule has 1 heterocycles. The monoisotopic (exact) mass is 380 g/mol. The van der Waals surface area contributed by atoms with Crippen molar-refractivity contribution < 1.29 is 17.6 Å². The molecule has 0 saturated carbocycles. The Labute approximate surface area is 152 Å². The van der Waals surface area contributed by atoms with Crippen molar-refractivity contribution in [3.63, 3.8) is 0 Å². The normalized spacial score (nSPS) is 17.0. The topological polar surface area (TPSA) is 15.3 Å². The first-order valence-corrected chi connectivity index (χ1v) is 8.36. The molecule has 0 unspecified atom stereocenters. The third-order valence-electron chi connectivity index (χ3n) is 4.42. The summed E-state index contributed by atoms with van der Waals surface area (Å²) >= 11 is 0. The molecule has 2 rings (SSSR count). The quantitative estimate of drug-likeness (QED) is 0.408. The number of nitrogens with one attached hydrogen (secondary N) is 1. The van der Waals surface area contributed by atoms with Crippen LogP contribution in [0, 0.1) is 5.82 Å². The first-order chi connectivity index (χ1) is 11.4. The number of benzene rings is 1. The van der Waals surface area contributed by atoms with E-state index >= 15 is 0 Å². The minimum Gasteiger partial charge on any atom is -0.314 e. The van der Waals surface area contributed by atoms with Crippen molar-refractivity contribution in [3.05, 3.63) is 47.8 Å². The maximum Gasteiger partial charge on any atom is 0.416 e. The second-order valence-corrected chi connectivity index (χ2v) is 6.07. The maximum atomic E-state index is 14.4. The molecule has 0 spiro atoms. The third kappa shape index (κ3) is 5.97. The van der Waals surface area contributed by atoms with Crippen LogP contribution >= 0.6 is 12.4 Å². The molecule has 0 amide bonds. The first kappa shape index (κ1) is 21.9. The Kier molecular flexibility index (Phi) is 8.89. The highest BCUT2D eigenvalue weighted by molar-refractivity contribution is 5.85. The van der Waals surface area contributed by atoms with E-state index in [9.17, 15) is 17.6 Å². The lowest BCUT2D eigenvalue weighted by Gasteiger charge is -2.36. The first-order valence-electron chi connectivity index (χ1n) is 8.36. The molecule has 1 aliphatic heterocycles. The van der Waals surface area contributed by atoms with E-state index < -0.39 is 23.6 Å². The highest BCUT2D eigenvalue weighted by atomic mass is 35.5. The fourth-order valence-electron chi connectivity index (χ4n) is 3.25. The van der Waals surface area contributed by atoms with Crippen LogP contribution in [0.5, 0.6) is 0 Å². The summed E-state index contributed by atoms with van der Waals surface area (Å²) in [4.78, 5) is 1.97. The molecule has 1 aliphatic rings. The summed E-state index contributed by atoms with van der Waals surface area (Å²) in [7, 11) is 0. The van der Waals surface area contributed by atoms with Gasteiger partial charge in [0.25, 0.3) is 0 Å². The molecule has 1 N–H and O–H groups in total. The summed E-state index contributed by atoms with van der Waals surface area (Å²) in [5.41, 5.74) is -1.06. The van der Waals surface area contributed by atoms with Crippen LogP contribution in [0.4, 0.5) is 17.6 Å². The fourth-order valence-corrected chi connectivity index (χ4v) is 3.25. The largest absolute Gasteiger partial charge is 0.416 e. The van der Waals surface area contributed by atoms with Crippen LogP contribution in [-0.2, 0) is 6.18 Å². The van der Waals surface area contributed by atoms with E-state index in [-0.39, 0.29) is 18.0 Å². The van der Waals surface area contributed by atoms with Crippen molar-refractivity contribution in [1.82, 2.24) is 10.2 Å². The molecule has 2 nitrogen and oxygen atoms in total. The molecule has 25 heavy (non-hydrogen) atoms. The third-order valence-corrected chi connectivity index (χ3v) is 4.42. The summed E-state index contributed by atoms with van der Waals surface area (Å²) in [6.45, 7) is 6.32. The molecule has 1 aromatic carbocycles. The van der Waals surface area contributed by atoms with Crippen LogP contribution in [0.15, 0.2) is 30.9 Å². The summed E-state index contributed by atoms with van der Waals surface area (Å²) in [6, 6.07) is 2.70. The number of rotatable bonds is 7. The standard InChI is InChI=1S/C18H24F4N2.ClH/c1-2-3-4-5-9-16(24-12-10-23-11-13-24)17-14(18(20,21)22)7-6-8-15(17)19;/h2,6-8,16,23H,1,3-5,9-13H2;1H/t16-;/m1./s1. The lowest BCUT2D eigenvalue weighted by Crippen LogP contribution is -2.45. The summed E-state index contributed by atoms with van der Waals surface area (Å²) < 4.78 is 54.6. The van der Waals surface area contributed by atoms with Crippen molar-refractivity contribution in [2.24, 2.45) is 0 Å². The molecule has 1 fully saturated rings. The fraction of sp³-hybridized carbons (Fsp3) is 0.556. The summed E-state index contributed by atoms with van der Waals surface area (Å²) in [5.74, 6) is -0.767. The van der Waals surface area contributed by atoms with Crippen LogP contribution in [0.25, 0.3) is 0 Å². The van der Waals surface area contributed by atoms with Gasteiger partial charge in [-0.2, -0.15) is 13.2 Å². The molecule has 0 aromatic heterocycles. The van der Waals surface area contributed by atoms with Gasteiger partial charge in [-0.25, -0.2) is 4.39 Å². The molecular weight excluding hydrogens is 356 g/mol. The van der Waals surface area contributed by atoms with Gasteiger partial charge in [0.05, 0.1) is 5.56 Å². The molecule has 0 radical (unpaired) electrons. The number of hydrogen-bond acceptors (Lipinski definition) is 2. The number of alkyl halides is 3. The number of nitrogens with zero attached hydrogens (tertiary/aromatic N) is 1. The Bertz CT molecular complexity index is 542. The van der Waals surface area contributed by atoms with E-state index in [1.807, 2.05) is 4.90 Å². The van der Waals surface area contributed by atoms with Gasteiger partial charge in [0, 0.05) is 37.8 Å². The molecule has 1 aromatic rings. The van der Waals surface area contributed by atoms with E-state index in [2.05, 4.69) is 11.9 Å². The smallest absolute Gasteiger partial charge is 0.314 e. The zero-order chi connectivity index (χ0) is 17.6. The Balaban J connectivity index is 0.00000312. The Morgan fingerprint density at radius 1 is 1.20 bits per heavy atom. The van der Waals surface area contributed by atoms with Crippen molar-refractivity contribution in [3.8, 4) is 0 Å². The number of halogens is 5. The van der Waals surface area contributed by atoms with Crippen LogP contribution in [0.1, 0.15) is 42.9 Å². The van der Waals surface area contributed by atoms with Crippen molar-refractivity contribution in [1.29, 1.82) is 0 Å². The average molecular weight is 381 g/mol. The zero-order valence-corrected chi connectivity index (χ0v) is 14.9. The van der Waals surface area contributed by atoms with Gasteiger partial charge in [0.2, 0.25) is 0 Å². The molecule has 1 atom stereocenters. The Morgan fingerprint density at radius 2 is 1.88 bits per heavy atom. The zero-order valence-electron chi connectivity index (χ0n) is 14.1. The maximum absolute atomic E-state index is 14.4. The average Bonchev–Trinajstić information content (AvgIpc) is 2.55. The Hall–Kier alpha value is -1.11. The van der Waals surface area contributed by atoms with E-state index in [4.69, 9.17) is 0 Å². The van der Waals surface area contributed by atoms with E-state index in [1.165, 1.54) is 0 Å². The van der Waals surface area contributed by atoms with Crippen LogP contribution in [0.3, 0.4) is 0 Å². The predicted octanol–water partition coefficient (Wildman–Crippen LogP) is 4.96. The van der Waals surface area contributed by atoms with Gasteiger partial charge in [-0.3, -0.25) is 4.90 Å². The number of hydrogen-bond donors (Lipinski definition) is 1. The molecule has 1 saturated heterocycles. The molecule has 0 aliphatic carbocycles. The van der Waals surface area contributed by atoms with Crippen LogP contribution in [-0.4, -0.2) is 31.1 Å². The minimum absolute atomic E-state index is 0. The van der Waals surface area contributed by atoms with Crippen LogP contribution in [0.2, 0.25) is 0 Å². The minimum atomic E-state index is -4.55. The number of piperazine rings is 1. The van der Waals surface area contributed by atoms with Gasteiger partial charge < -0.3 is 5.32 Å². The van der Waals surface area contributed by atoms with Gasteiger partial charge in [-0.05, 0) is 31.4 Å². The second-order valence-electron chi connectivity index (χ2n) is 6.07. The molecule has 142 valence electrons. The van der Waals surface area contributed by atoms with Gasteiger partial charge in [-0.15, -0.1) is 19.0 Å². The second kappa shape index (κ2) is 10.1. The van der Waals surface area contributed by atoms with Crippen molar-refractivity contribution in [2.45, 2.75) is 37.9 Å². The van der Waals surface area contributed by atoms with E-state index in [1.54, 1.807) is 6.08 Å².